The zero-order valence-electron chi connectivity index (χ0n) is 20.1. The van der Waals surface area contributed by atoms with Gasteiger partial charge < -0.3 is 5.11 Å². The number of nitriles is 1. The zero-order chi connectivity index (χ0) is 25.1. The normalized spacial score (nSPS) is 18.2. The van der Waals surface area contributed by atoms with E-state index < -0.39 is 5.97 Å². The molecule has 3 aliphatic rings. The third-order valence-corrected chi connectivity index (χ3v) is 6.90. The maximum atomic E-state index is 12.0. The quantitative estimate of drug-likeness (QED) is 0.540. The summed E-state index contributed by atoms with van der Waals surface area (Å²) in [4.78, 5) is 28.6. The van der Waals surface area contributed by atoms with Gasteiger partial charge in [-0.2, -0.15) is 10.2 Å². The van der Waals surface area contributed by atoms with E-state index in [0.29, 0.717) is 11.6 Å². The summed E-state index contributed by atoms with van der Waals surface area (Å²) in [7, 11) is 0. The van der Waals surface area contributed by atoms with Gasteiger partial charge in [0.15, 0.2) is 5.65 Å². The molecule has 3 aromatic rings. The number of aliphatic carboxylic acids is 1. The first-order valence-electron chi connectivity index (χ1n) is 12.6. The van der Waals surface area contributed by atoms with Crippen LogP contribution in [0.1, 0.15) is 44.1 Å². The fourth-order valence-corrected chi connectivity index (χ4v) is 4.32. The second-order valence-corrected chi connectivity index (χ2v) is 9.87. The zero-order valence-corrected chi connectivity index (χ0v) is 20.1. The van der Waals surface area contributed by atoms with Crippen LogP contribution in [0, 0.1) is 29.1 Å². The molecule has 9 nitrogen and oxygen atoms in total. The molecule has 0 unspecified atom stereocenters. The summed E-state index contributed by atoms with van der Waals surface area (Å²) in [5.74, 6) is 0.0902. The number of aromatic nitrogens is 3. The molecule has 2 saturated carbocycles. The average molecular weight is 487 g/mol. The molecule has 2 N–H and O–H groups in total. The van der Waals surface area contributed by atoms with Gasteiger partial charge in [0.1, 0.15) is 0 Å². The maximum absolute atomic E-state index is 12.0. The molecule has 3 fully saturated rings. The van der Waals surface area contributed by atoms with E-state index in [9.17, 15) is 9.59 Å². The van der Waals surface area contributed by atoms with Crippen molar-refractivity contribution in [3.8, 4) is 17.3 Å². The van der Waals surface area contributed by atoms with Gasteiger partial charge in [0.2, 0.25) is 11.9 Å². The highest BCUT2D eigenvalue weighted by Crippen LogP contribution is 2.30. The number of carboxylic acid groups (broad SMARTS) is 1. The van der Waals surface area contributed by atoms with Gasteiger partial charge in [-0.05, 0) is 69.3 Å². The number of likely N-dealkylation sites (tertiary alicyclic amines) is 1. The molecule has 0 bridgehead atoms. The number of pyridine rings is 1. The molecule has 3 heterocycles. The predicted molar refractivity (Wildman–Crippen MR) is 134 cm³/mol. The van der Waals surface area contributed by atoms with E-state index in [1.807, 2.05) is 18.2 Å². The number of benzene rings is 1. The molecule has 1 amide bonds. The van der Waals surface area contributed by atoms with E-state index in [4.69, 9.17) is 10.4 Å². The summed E-state index contributed by atoms with van der Waals surface area (Å²) in [5, 5.41) is 24.4. The van der Waals surface area contributed by atoms with Gasteiger partial charge in [-0.3, -0.25) is 19.8 Å². The number of hydrogen-bond donors (Lipinski definition) is 2. The number of carbonyl (C=O) groups is 2. The minimum Gasteiger partial charge on any atom is -0.481 e. The van der Waals surface area contributed by atoms with Crippen molar-refractivity contribution in [2.45, 2.75) is 45.1 Å². The first-order valence-corrected chi connectivity index (χ1v) is 12.6. The van der Waals surface area contributed by atoms with E-state index in [1.165, 1.54) is 5.56 Å². The Labute approximate surface area is 209 Å². The second-order valence-electron chi connectivity index (χ2n) is 9.87. The molecule has 2 aromatic heterocycles. The van der Waals surface area contributed by atoms with Gasteiger partial charge in [-0.15, -0.1) is 5.10 Å². The third kappa shape index (κ3) is 5.89. The van der Waals surface area contributed by atoms with Crippen molar-refractivity contribution in [1.82, 2.24) is 19.5 Å². The highest BCUT2D eigenvalue weighted by atomic mass is 16.4. The van der Waals surface area contributed by atoms with Crippen LogP contribution in [0.25, 0.3) is 16.9 Å². The van der Waals surface area contributed by atoms with Gasteiger partial charge in [-0.25, -0.2) is 4.52 Å². The summed E-state index contributed by atoms with van der Waals surface area (Å²) < 4.78 is 1.78. The van der Waals surface area contributed by atoms with Crippen LogP contribution in [-0.2, 0) is 16.1 Å². The topological polar surface area (TPSA) is 124 Å². The minimum atomic E-state index is -0.630. The van der Waals surface area contributed by atoms with Crippen molar-refractivity contribution in [2.24, 2.45) is 17.8 Å². The molecule has 1 aromatic carbocycles. The van der Waals surface area contributed by atoms with Crippen LogP contribution in [-0.4, -0.2) is 49.6 Å². The minimum absolute atomic E-state index is 0.00983. The Morgan fingerprint density at radius 2 is 1.69 bits per heavy atom. The number of carbonyl (C=O) groups excluding carboxylic acids is 1. The fourth-order valence-electron chi connectivity index (χ4n) is 4.32. The lowest BCUT2D eigenvalue weighted by molar-refractivity contribution is -0.138. The Morgan fingerprint density at radius 3 is 2.28 bits per heavy atom. The molecule has 1 saturated heterocycles. The molecule has 2 aliphatic carbocycles. The van der Waals surface area contributed by atoms with E-state index >= 15 is 0 Å². The van der Waals surface area contributed by atoms with Crippen molar-refractivity contribution >= 4 is 23.5 Å². The lowest BCUT2D eigenvalue weighted by Gasteiger charge is -2.29. The number of piperidine rings is 1. The van der Waals surface area contributed by atoms with Gasteiger partial charge in [0.25, 0.3) is 0 Å². The Bertz CT molecular complexity index is 1280. The van der Waals surface area contributed by atoms with Gasteiger partial charge in [-0.1, -0.05) is 30.3 Å². The molecule has 9 heteroatoms. The molecule has 0 spiro atoms. The smallest absolute Gasteiger partial charge is 0.306 e. The Hall–Kier alpha value is -3.77. The number of nitrogens with zero attached hydrogens (tertiary/aromatic N) is 5. The number of nitrogens with one attached hydrogen (secondary N) is 1. The van der Waals surface area contributed by atoms with Gasteiger partial charge in [0, 0.05) is 23.9 Å². The predicted octanol–water partition coefficient (Wildman–Crippen LogP) is 3.96. The van der Waals surface area contributed by atoms with Crippen molar-refractivity contribution in [3.05, 3.63) is 48.0 Å². The second kappa shape index (κ2) is 10.5. The number of carboxylic acids is 1. The van der Waals surface area contributed by atoms with Crippen LogP contribution in [0.2, 0.25) is 0 Å². The Kier molecular flexibility index (Phi) is 6.96. The standard InChI is InChI=1S/C23H24N6O.C4H6O2/c24-14-16-10-12-28(13-11-16)15-17-4-6-18(7-5-17)20-2-1-3-21-25-23(27-29(20)21)26-22(30)19-8-9-19;5-4(6)3-1-2-3/h1-7,16,19H,8-13,15H2,(H,26,27,30);3H,1-2H2,(H,5,6). The maximum Gasteiger partial charge on any atom is 0.306 e. The highest BCUT2D eigenvalue weighted by Gasteiger charge is 2.30. The molecule has 0 radical (unpaired) electrons. The van der Waals surface area contributed by atoms with Gasteiger partial charge >= 0.3 is 5.97 Å². The molecular weight excluding hydrogens is 456 g/mol. The Balaban J connectivity index is 0.000000391. The lowest BCUT2D eigenvalue weighted by atomic mass is 9.98. The van der Waals surface area contributed by atoms with Crippen molar-refractivity contribution in [3.63, 3.8) is 0 Å². The molecular formula is C27H30N6O3. The van der Waals surface area contributed by atoms with E-state index in [-0.39, 0.29) is 23.7 Å². The van der Waals surface area contributed by atoms with Crippen molar-refractivity contribution in [1.29, 1.82) is 5.26 Å². The molecule has 36 heavy (non-hydrogen) atoms. The van der Waals surface area contributed by atoms with Crippen molar-refractivity contribution in [2.75, 3.05) is 18.4 Å². The third-order valence-electron chi connectivity index (χ3n) is 6.90. The first-order chi connectivity index (χ1) is 17.5. The number of rotatable bonds is 6. The molecule has 1 aliphatic heterocycles. The summed E-state index contributed by atoms with van der Waals surface area (Å²) in [6.45, 7) is 2.87. The van der Waals surface area contributed by atoms with Crippen LogP contribution in [0.3, 0.4) is 0 Å². The Morgan fingerprint density at radius 1 is 1.00 bits per heavy atom. The van der Waals surface area contributed by atoms with E-state index in [0.717, 1.165) is 69.4 Å². The molecule has 0 atom stereocenters. The summed E-state index contributed by atoms with van der Waals surface area (Å²) in [6, 6.07) is 16.8. The number of fused-ring (bicyclic) bond motifs is 1. The monoisotopic (exact) mass is 486 g/mol. The summed E-state index contributed by atoms with van der Waals surface area (Å²) >= 11 is 0. The lowest BCUT2D eigenvalue weighted by Crippen LogP contribution is -2.32. The van der Waals surface area contributed by atoms with E-state index in [2.05, 4.69) is 50.6 Å². The largest absolute Gasteiger partial charge is 0.481 e. The number of hydrogen-bond acceptors (Lipinski definition) is 6. The van der Waals surface area contributed by atoms with E-state index in [1.54, 1.807) is 4.52 Å². The van der Waals surface area contributed by atoms with Crippen molar-refractivity contribution < 1.29 is 14.7 Å². The van der Waals surface area contributed by atoms with Crippen LogP contribution < -0.4 is 5.32 Å². The fraction of sp³-hybridized carbons (Fsp3) is 0.444. The van der Waals surface area contributed by atoms with Crippen LogP contribution in [0.5, 0.6) is 0 Å². The van der Waals surface area contributed by atoms with Gasteiger partial charge in [0.05, 0.1) is 17.7 Å². The van der Waals surface area contributed by atoms with Crippen LogP contribution in [0.15, 0.2) is 42.5 Å². The number of anilines is 1. The molecule has 6 rings (SSSR count). The average Bonchev–Trinajstić information content (AvgIpc) is 3.81. The highest BCUT2D eigenvalue weighted by molar-refractivity contribution is 5.92. The number of amides is 1. The van der Waals surface area contributed by atoms with Crippen LogP contribution in [0.4, 0.5) is 5.95 Å². The first kappa shape index (κ1) is 23.9. The summed E-state index contributed by atoms with van der Waals surface area (Å²) in [6.07, 6.45) is 5.62. The van der Waals surface area contributed by atoms with Crippen LogP contribution >= 0.6 is 0 Å². The summed E-state index contributed by atoms with van der Waals surface area (Å²) in [5.41, 5.74) is 3.96. The SMILES string of the molecule is N#CC1CCN(Cc2ccc(-c3cccc4nc(NC(=O)C5CC5)nn34)cc2)CC1.O=C(O)C1CC1. The molecule has 186 valence electrons.